The molecule has 1 nitrogen and oxygen atoms in total. The second-order valence-corrected chi connectivity index (χ2v) is 2.65. The fourth-order valence-electron chi connectivity index (χ4n) is 1.11. The van der Waals surface area contributed by atoms with Crippen LogP contribution >= 0.6 is 0 Å². The Labute approximate surface area is 60.0 Å². The molecule has 1 radical (unpaired) electrons. The van der Waals surface area contributed by atoms with E-state index < -0.39 is 5.92 Å². The second kappa shape index (κ2) is 2.82. The minimum Gasteiger partial charge on any atom is -0.299 e. The van der Waals surface area contributed by atoms with Crippen LogP contribution in [0.3, 0.4) is 0 Å². The van der Waals surface area contributed by atoms with E-state index in [0.717, 1.165) is 0 Å². The molecule has 0 aromatic rings. The summed E-state index contributed by atoms with van der Waals surface area (Å²) in [5.74, 6) is -2.40. The summed E-state index contributed by atoms with van der Waals surface area (Å²) in [7, 11) is 0. The second-order valence-electron chi connectivity index (χ2n) is 2.65. The van der Waals surface area contributed by atoms with Gasteiger partial charge in [0.2, 0.25) is 0 Å². The number of halogens is 2. The maximum absolute atomic E-state index is 12.5. The van der Waals surface area contributed by atoms with E-state index in [1.807, 2.05) is 18.4 Å². The van der Waals surface area contributed by atoms with E-state index in [4.69, 9.17) is 0 Å². The Kier molecular flexibility index (Phi) is 2.24. The predicted molar refractivity (Wildman–Crippen MR) is 35.7 cm³/mol. The van der Waals surface area contributed by atoms with Gasteiger partial charge < -0.3 is 0 Å². The number of hydrogen-bond acceptors (Lipinski definition) is 1. The smallest absolute Gasteiger partial charge is 0.250 e. The van der Waals surface area contributed by atoms with Crippen molar-refractivity contribution in [2.45, 2.75) is 25.7 Å². The molecule has 3 heteroatoms. The maximum Gasteiger partial charge on any atom is 0.250 e. The highest BCUT2D eigenvalue weighted by molar-refractivity contribution is 4.79. The SMILES string of the molecule is C[CH]N1CCC(F)(F)CC1. The standard InChI is InChI=1S/C7H12F2N/c1-2-10-5-3-7(8,9)4-6-10/h2H,3-6H2,1H3. The van der Waals surface area contributed by atoms with Gasteiger partial charge in [-0.15, -0.1) is 0 Å². The molecular formula is C7H12F2N. The lowest BCUT2D eigenvalue weighted by Crippen LogP contribution is -2.37. The first-order valence-corrected chi connectivity index (χ1v) is 3.55. The molecule has 0 unspecified atom stereocenters. The first kappa shape index (κ1) is 7.92. The molecule has 1 fully saturated rings. The molecule has 1 aliphatic heterocycles. The average molecular weight is 148 g/mol. The zero-order valence-electron chi connectivity index (χ0n) is 6.11. The minimum atomic E-state index is -2.40. The first-order chi connectivity index (χ1) is 4.64. The van der Waals surface area contributed by atoms with Gasteiger partial charge in [-0.05, 0) is 6.92 Å². The monoisotopic (exact) mass is 148 g/mol. The predicted octanol–water partition coefficient (Wildman–Crippen LogP) is 1.90. The molecule has 1 saturated heterocycles. The highest BCUT2D eigenvalue weighted by atomic mass is 19.3. The van der Waals surface area contributed by atoms with Gasteiger partial charge in [0.15, 0.2) is 0 Å². The molecule has 0 atom stereocenters. The summed E-state index contributed by atoms with van der Waals surface area (Å²) >= 11 is 0. The normalized spacial score (nSPS) is 26.7. The lowest BCUT2D eigenvalue weighted by Gasteiger charge is -2.30. The van der Waals surface area contributed by atoms with Crippen LogP contribution < -0.4 is 0 Å². The van der Waals surface area contributed by atoms with Crippen LogP contribution in [-0.4, -0.2) is 23.9 Å². The third-order valence-corrected chi connectivity index (χ3v) is 1.89. The van der Waals surface area contributed by atoms with E-state index in [1.165, 1.54) is 0 Å². The van der Waals surface area contributed by atoms with E-state index in [1.54, 1.807) is 0 Å². The molecule has 0 spiro atoms. The number of nitrogens with zero attached hydrogens (tertiary/aromatic N) is 1. The maximum atomic E-state index is 12.5. The van der Waals surface area contributed by atoms with Crippen molar-refractivity contribution in [1.82, 2.24) is 4.90 Å². The van der Waals surface area contributed by atoms with Gasteiger partial charge in [-0.1, -0.05) is 0 Å². The van der Waals surface area contributed by atoms with Crippen molar-refractivity contribution in [3.8, 4) is 0 Å². The van der Waals surface area contributed by atoms with Crippen LogP contribution in [0.4, 0.5) is 8.78 Å². The number of alkyl halides is 2. The topological polar surface area (TPSA) is 3.24 Å². The van der Waals surface area contributed by atoms with Gasteiger partial charge in [0.25, 0.3) is 5.92 Å². The summed E-state index contributed by atoms with van der Waals surface area (Å²) in [4.78, 5) is 1.93. The molecule has 10 heavy (non-hydrogen) atoms. The Morgan fingerprint density at radius 2 is 1.80 bits per heavy atom. The number of likely N-dealkylation sites (tertiary alicyclic amines) is 1. The summed E-state index contributed by atoms with van der Waals surface area (Å²) in [5, 5.41) is 0. The van der Waals surface area contributed by atoms with Crippen LogP contribution in [0.2, 0.25) is 0 Å². The van der Waals surface area contributed by atoms with Crippen LogP contribution in [0.5, 0.6) is 0 Å². The first-order valence-electron chi connectivity index (χ1n) is 3.55. The fourth-order valence-corrected chi connectivity index (χ4v) is 1.11. The van der Waals surface area contributed by atoms with Crippen molar-refractivity contribution in [1.29, 1.82) is 0 Å². The Morgan fingerprint density at radius 3 is 2.20 bits per heavy atom. The van der Waals surface area contributed by atoms with Crippen molar-refractivity contribution >= 4 is 0 Å². The molecule has 0 amide bonds. The molecule has 1 heterocycles. The lowest BCUT2D eigenvalue weighted by atomic mass is 10.1. The van der Waals surface area contributed by atoms with Gasteiger partial charge in [-0.25, -0.2) is 8.78 Å². The van der Waals surface area contributed by atoms with Crippen LogP contribution in [0.1, 0.15) is 19.8 Å². The van der Waals surface area contributed by atoms with Crippen molar-refractivity contribution < 1.29 is 8.78 Å². The number of rotatable bonds is 1. The van der Waals surface area contributed by atoms with E-state index in [0.29, 0.717) is 13.1 Å². The van der Waals surface area contributed by atoms with Gasteiger partial charge in [-0.2, -0.15) is 0 Å². The van der Waals surface area contributed by atoms with Gasteiger partial charge in [0.1, 0.15) is 0 Å². The third kappa shape index (κ3) is 1.90. The zero-order chi connectivity index (χ0) is 7.61. The zero-order valence-corrected chi connectivity index (χ0v) is 6.11. The Bertz CT molecular complexity index is 104. The average Bonchev–Trinajstić information content (AvgIpc) is 1.88. The van der Waals surface area contributed by atoms with Crippen LogP contribution in [0, 0.1) is 6.54 Å². The summed E-state index contributed by atoms with van der Waals surface area (Å²) in [5.41, 5.74) is 0. The molecule has 0 N–H and O–H groups in total. The van der Waals surface area contributed by atoms with Crippen molar-refractivity contribution in [2.75, 3.05) is 13.1 Å². The number of hydrogen-bond donors (Lipinski definition) is 0. The van der Waals surface area contributed by atoms with E-state index >= 15 is 0 Å². The summed E-state index contributed by atoms with van der Waals surface area (Å²) in [6, 6.07) is 0. The minimum absolute atomic E-state index is 0.0112. The van der Waals surface area contributed by atoms with E-state index in [9.17, 15) is 8.78 Å². The molecule has 0 aliphatic carbocycles. The molecule has 1 rings (SSSR count). The molecule has 59 valence electrons. The number of piperidine rings is 1. The van der Waals surface area contributed by atoms with E-state index in [2.05, 4.69) is 0 Å². The Balaban J connectivity index is 2.31. The molecule has 0 saturated carbocycles. The largest absolute Gasteiger partial charge is 0.299 e. The van der Waals surface area contributed by atoms with Crippen molar-refractivity contribution in [3.63, 3.8) is 0 Å². The van der Waals surface area contributed by atoms with Gasteiger partial charge in [0, 0.05) is 32.5 Å². The summed E-state index contributed by atoms with van der Waals surface area (Å²) in [6.45, 7) is 4.76. The highest BCUT2D eigenvalue weighted by Crippen LogP contribution is 2.27. The van der Waals surface area contributed by atoms with Crippen LogP contribution in [0.25, 0.3) is 0 Å². The summed E-state index contributed by atoms with van der Waals surface area (Å²) in [6.07, 6.45) is 0.0225. The van der Waals surface area contributed by atoms with Gasteiger partial charge in [-0.3, -0.25) is 4.90 Å². The summed E-state index contributed by atoms with van der Waals surface area (Å²) < 4.78 is 24.9. The van der Waals surface area contributed by atoms with Crippen molar-refractivity contribution in [3.05, 3.63) is 6.54 Å². The lowest BCUT2D eigenvalue weighted by molar-refractivity contribution is -0.0496. The van der Waals surface area contributed by atoms with Crippen LogP contribution in [0.15, 0.2) is 0 Å². The van der Waals surface area contributed by atoms with Gasteiger partial charge in [0.05, 0.1) is 0 Å². The Morgan fingerprint density at radius 1 is 1.30 bits per heavy atom. The highest BCUT2D eigenvalue weighted by Gasteiger charge is 2.33. The van der Waals surface area contributed by atoms with Crippen LogP contribution in [-0.2, 0) is 0 Å². The van der Waals surface area contributed by atoms with Gasteiger partial charge >= 0.3 is 0 Å². The molecule has 0 aromatic heterocycles. The molecular weight excluding hydrogens is 136 g/mol. The quantitative estimate of drug-likeness (QED) is 0.549. The molecule has 0 bridgehead atoms. The van der Waals surface area contributed by atoms with E-state index in [-0.39, 0.29) is 12.8 Å². The molecule has 0 aromatic carbocycles. The third-order valence-electron chi connectivity index (χ3n) is 1.89. The van der Waals surface area contributed by atoms with Crippen molar-refractivity contribution in [2.24, 2.45) is 0 Å². The fraction of sp³-hybridized carbons (Fsp3) is 0.857. The molecule has 1 aliphatic rings. The Hall–Kier alpha value is -0.180.